The van der Waals surface area contributed by atoms with Gasteiger partial charge in [-0.2, -0.15) is 10.4 Å². The number of para-hydroxylation sites is 1. The molecule has 1 aromatic heterocycles. The van der Waals surface area contributed by atoms with Crippen molar-refractivity contribution in [1.29, 1.82) is 5.26 Å². The molecule has 0 unspecified atom stereocenters. The zero-order valence-electron chi connectivity index (χ0n) is 12.1. The van der Waals surface area contributed by atoms with E-state index in [1.165, 1.54) is 0 Å². The van der Waals surface area contributed by atoms with E-state index < -0.39 is 0 Å². The van der Waals surface area contributed by atoms with Crippen LogP contribution in [0.3, 0.4) is 0 Å². The molecule has 0 fully saturated rings. The number of fused-ring (bicyclic) bond motifs is 1. The molecule has 0 spiro atoms. The maximum absolute atomic E-state index is 8.99. The van der Waals surface area contributed by atoms with Crippen molar-refractivity contribution in [2.24, 2.45) is 7.05 Å². The predicted molar refractivity (Wildman–Crippen MR) is 83.9 cm³/mol. The highest BCUT2D eigenvalue weighted by atomic mass is 15.3. The Bertz CT molecular complexity index is 840. The predicted octanol–water partition coefficient (Wildman–Crippen LogP) is 3.37. The maximum Gasteiger partial charge on any atom is 0.0992 e. The van der Waals surface area contributed by atoms with Crippen molar-refractivity contribution in [3.8, 4) is 6.07 Å². The quantitative estimate of drug-likeness (QED) is 0.798. The van der Waals surface area contributed by atoms with Crippen LogP contribution in [0.15, 0.2) is 42.5 Å². The average molecular weight is 276 g/mol. The summed E-state index contributed by atoms with van der Waals surface area (Å²) in [7, 11) is 1.95. The van der Waals surface area contributed by atoms with Gasteiger partial charge in [0.2, 0.25) is 0 Å². The molecule has 2 aromatic carbocycles. The lowest BCUT2D eigenvalue weighted by molar-refractivity contribution is 0.771. The third kappa shape index (κ3) is 2.46. The molecular formula is C17H16N4. The zero-order chi connectivity index (χ0) is 14.8. The van der Waals surface area contributed by atoms with Gasteiger partial charge >= 0.3 is 0 Å². The SMILES string of the molecule is Cc1ccc(C#N)cc1NCc1nn(C)c2ccccc12. The number of rotatable bonds is 3. The molecule has 0 bridgehead atoms. The van der Waals surface area contributed by atoms with Gasteiger partial charge in [0, 0.05) is 18.1 Å². The van der Waals surface area contributed by atoms with Crippen molar-refractivity contribution in [1.82, 2.24) is 9.78 Å². The Kier molecular flexibility index (Phi) is 3.33. The molecule has 0 amide bonds. The van der Waals surface area contributed by atoms with Gasteiger partial charge in [0.25, 0.3) is 0 Å². The first kappa shape index (κ1) is 13.2. The van der Waals surface area contributed by atoms with E-state index in [9.17, 15) is 0 Å². The number of nitriles is 1. The normalized spacial score (nSPS) is 10.5. The van der Waals surface area contributed by atoms with Crippen LogP contribution >= 0.6 is 0 Å². The number of aromatic nitrogens is 2. The topological polar surface area (TPSA) is 53.6 Å². The van der Waals surface area contributed by atoms with Crippen molar-refractivity contribution in [2.45, 2.75) is 13.5 Å². The van der Waals surface area contributed by atoms with Gasteiger partial charge in [-0.1, -0.05) is 24.3 Å². The molecule has 0 atom stereocenters. The van der Waals surface area contributed by atoms with E-state index in [0.717, 1.165) is 27.8 Å². The van der Waals surface area contributed by atoms with Crippen LogP contribution in [0.25, 0.3) is 10.9 Å². The van der Waals surface area contributed by atoms with E-state index in [0.29, 0.717) is 12.1 Å². The molecule has 1 N–H and O–H groups in total. The lowest BCUT2D eigenvalue weighted by Gasteiger charge is -2.08. The molecular weight excluding hydrogens is 260 g/mol. The minimum absolute atomic E-state index is 0.636. The fourth-order valence-electron chi connectivity index (χ4n) is 2.48. The van der Waals surface area contributed by atoms with E-state index in [2.05, 4.69) is 28.6 Å². The number of nitrogens with zero attached hydrogens (tertiary/aromatic N) is 3. The molecule has 1 heterocycles. The summed E-state index contributed by atoms with van der Waals surface area (Å²) >= 11 is 0. The Labute approximate surface area is 123 Å². The number of nitrogens with one attached hydrogen (secondary N) is 1. The molecule has 3 rings (SSSR count). The molecule has 0 saturated heterocycles. The standard InChI is InChI=1S/C17H16N4/c1-12-7-8-13(10-18)9-15(12)19-11-16-14-5-3-4-6-17(14)21(2)20-16/h3-9,19H,11H2,1-2H3. The Hall–Kier alpha value is -2.80. The molecule has 0 radical (unpaired) electrons. The first-order valence-corrected chi connectivity index (χ1v) is 6.84. The lowest BCUT2D eigenvalue weighted by atomic mass is 10.1. The van der Waals surface area contributed by atoms with Gasteiger partial charge in [0.15, 0.2) is 0 Å². The molecule has 21 heavy (non-hydrogen) atoms. The highest BCUT2D eigenvalue weighted by Crippen LogP contribution is 2.21. The van der Waals surface area contributed by atoms with Crippen LogP contribution in [-0.2, 0) is 13.6 Å². The second-order valence-electron chi connectivity index (χ2n) is 5.08. The third-order valence-electron chi connectivity index (χ3n) is 3.65. The Morgan fingerprint density at radius 3 is 2.86 bits per heavy atom. The van der Waals surface area contributed by atoms with Gasteiger partial charge in [-0.3, -0.25) is 4.68 Å². The largest absolute Gasteiger partial charge is 0.379 e. The average Bonchev–Trinajstić information content (AvgIpc) is 2.83. The lowest BCUT2D eigenvalue weighted by Crippen LogP contribution is -2.03. The molecule has 0 saturated carbocycles. The highest BCUT2D eigenvalue weighted by molar-refractivity contribution is 5.82. The fraction of sp³-hybridized carbons (Fsp3) is 0.176. The maximum atomic E-state index is 8.99. The van der Waals surface area contributed by atoms with Crippen LogP contribution in [-0.4, -0.2) is 9.78 Å². The summed E-state index contributed by atoms with van der Waals surface area (Å²) in [6.45, 7) is 2.66. The summed E-state index contributed by atoms with van der Waals surface area (Å²) < 4.78 is 1.89. The summed E-state index contributed by atoms with van der Waals surface area (Å²) in [5, 5.41) is 18.1. The minimum Gasteiger partial charge on any atom is -0.379 e. The van der Waals surface area contributed by atoms with Crippen molar-refractivity contribution in [3.05, 3.63) is 59.3 Å². The van der Waals surface area contributed by atoms with E-state index in [1.807, 2.05) is 49.0 Å². The summed E-state index contributed by atoms with van der Waals surface area (Å²) in [5.74, 6) is 0. The smallest absolute Gasteiger partial charge is 0.0992 e. The van der Waals surface area contributed by atoms with Crippen LogP contribution in [0.5, 0.6) is 0 Å². The van der Waals surface area contributed by atoms with Crippen LogP contribution in [0.2, 0.25) is 0 Å². The number of benzene rings is 2. The minimum atomic E-state index is 0.636. The van der Waals surface area contributed by atoms with Crippen LogP contribution in [0.4, 0.5) is 5.69 Å². The van der Waals surface area contributed by atoms with E-state index in [-0.39, 0.29) is 0 Å². The molecule has 4 heteroatoms. The number of anilines is 1. The van der Waals surface area contributed by atoms with E-state index >= 15 is 0 Å². The van der Waals surface area contributed by atoms with Crippen LogP contribution in [0.1, 0.15) is 16.8 Å². The van der Waals surface area contributed by atoms with Gasteiger partial charge in [-0.05, 0) is 30.7 Å². The van der Waals surface area contributed by atoms with E-state index in [1.54, 1.807) is 0 Å². The summed E-state index contributed by atoms with van der Waals surface area (Å²) in [4.78, 5) is 0. The Morgan fingerprint density at radius 2 is 2.05 bits per heavy atom. The molecule has 3 aromatic rings. The zero-order valence-corrected chi connectivity index (χ0v) is 12.1. The summed E-state index contributed by atoms with van der Waals surface area (Å²) in [5.41, 5.74) is 4.89. The van der Waals surface area contributed by atoms with Crippen LogP contribution < -0.4 is 5.32 Å². The second kappa shape index (κ2) is 5.29. The van der Waals surface area contributed by atoms with Gasteiger partial charge in [-0.25, -0.2) is 0 Å². The van der Waals surface area contributed by atoms with Gasteiger partial charge < -0.3 is 5.32 Å². The van der Waals surface area contributed by atoms with Crippen molar-refractivity contribution in [2.75, 3.05) is 5.32 Å². The van der Waals surface area contributed by atoms with Gasteiger partial charge in [0.05, 0.1) is 29.4 Å². The number of aryl methyl sites for hydroxylation is 2. The number of hydrogen-bond acceptors (Lipinski definition) is 3. The fourth-order valence-corrected chi connectivity index (χ4v) is 2.48. The summed E-state index contributed by atoms with van der Waals surface area (Å²) in [6, 6.07) is 16.0. The number of hydrogen-bond donors (Lipinski definition) is 1. The molecule has 0 aliphatic carbocycles. The van der Waals surface area contributed by atoms with Crippen molar-refractivity contribution in [3.63, 3.8) is 0 Å². The first-order valence-electron chi connectivity index (χ1n) is 6.84. The molecule has 4 nitrogen and oxygen atoms in total. The second-order valence-corrected chi connectivity index (χ2v) is 5.08. The molecule has 0 aliphatic heterocycles. The molecule has 0 aliphatic rings. The van der Waals surface area contributed by atoms with Gasteiger partial charge in [0.1, 0.15) is 0 Å². The van der Waals surface area contributed by atoms with Gasteiger partial charge in [-0.15, -0.1) is 0 Å². The Morgan fingerprint density at radius 1 is 1.24 bits per heavy atom. The molecule has 104 valence electrons. The van der Waals surface area contributed by atoms with Crippen molar-refractivity contribution < 1.29 is 0 Å². The van der Waals surface area contributed by atoms with E-state index in [4.69, 9.17) is 5.26 Å². The van der Waals surface area contributed by atoms with Crippen LogP contribution in [0, 0.1) is 18.3 Å². The summed E-state index contributed by atoms with van der Waals surface area (Å²) in [6.07, 6.45) is 0. The monoisotopic (exact) mass is 276 g/mol. The highest BCUT2D eigenvalue weighted by Gasteiger charge is 2.08. The van der Waals surface area contributed by atoms with Crippen molar-refractivity contribution >= 4 is 16.6 Å². The first-order chi connectivity index (χ1) is 10.2. The third-order valence-corrected chi connectivity index (χ3v) is 3.65. The Balaban J connectivity index is 1.89.